The van der Waals surface area contributed by atoms with Gasteiger partial charge in [-0.3, -0.25) is 9.59 Å². The third-order valence-corrected chi connectivity index (χ3v) is 6.95. The van der Waals surface area contributed by atoms with Crippen LogP contribution in [0.5, 0.6) is 0 Å². The lowest BCUT2D eigenvalue weighted by atomic mass is 9.72. The summed E-state index contributed by atoms with van der Waals surface area (Å²) in [4.78, 5) is 37.6. The standard InChI is InChI=1S/C31H41FN6O3/c1-22(38(4)29(40)11-7-15-37(2)3)28(39)19-24-17-23(18-24)12-13-25-21-34-31(35-27-10-6-9-26(32)20-27)36-30(25)33-14-8-16-41-5/h6-7,9-11,20-24H,8,14-19H2,1-5H3,(H2,33,34,35,36)/b11-7+/t22-,23?,24?/m0/s1. The summed E-state index contributed by atoms with van der Waals surface area (Å²) < 4.78 is 18.7. The minimum absolute atomic E-state index is 0.0654. The third-order valence-electron chi connectivity index (χ3n) is 6.95. The largest absolute Gasteiger partial charge is 0.385 e. The highest BCUT2D eigenvalue weighted by Crippen LogP contribution is 2.36. The molecule has 0 bridgehead atoms. The number of hydrogen-bond acceptors (Lipinski definition) is 8. The molecule has 2 aromatic rings. The number of hydrogen-bond donors (Lipinski definition) is 2. The molecular weight excluding hydrogens is 523 g/mol. The monoisotopic (exact) mass is 564 g/mol. The minimum Gasteiger partial charge on any atom is -0.385 e. The molecule has 0 unspecified atom stereocenters. The van der Waals surface area contributed by atoms with Gasteiger partial charge in [-0.25, -0.2) is 9.37 Å². The van der Waals surface area contributed by atoms with Crippen LogP contribution in [0.15, 0.2) is 42.6 Å². The van der Waals surface area contributed by atoms with Crippen LogP contribution in [0.1, 0.15) is 38.2 Å². The number of nitrogens with zero attached hydrogens (tertiary/aromatic N) is 4. The van der Waals surface area contributed by atoms with Crippen LogP contribution in [0.4, 0.5) is 21.8 Å². The lowest BCUT2D eigenvalue weighted by molar-refractivity contribution is -0.134. The van der Waals surface area contributed by atoms with Gasteiger partial charge in [-0.05, 0) is 64.4 Å². The number of halogens is 1. The normalized spacial score (nSPS) is 17.0. The van der Waals surface area contributed by atoms with E-state index >= 15 is 0 Å². The summed E-state index contributed by atoms with van der Waals surface area (Å²) in [5, 5.41) is 6.32. The van der Waals surface area contributed by atoms with E-state index in [1.807, 2.05) is 19.0 Å². The Balaban J connectivity index is 1.56. The number of ketones is 1. The van der Waals surface area contributed by atoms with Crippen molar-refractivity contribution in [2.45, 2.75) is 38.6 Å². The van der Waals surface area contributed by atoms with E-state index in [0.717, 1.165) is 19.3 Å². The van der Waals surface area contributed by atoms with E-state index in [2.05, 4.69) is 32.4 Å². The number of carbonyl (C=O) groups excluding carboxylic acids is 2. The molecule has 0 saturated heterocycles. The molecule has 1 atom stereocenters. The molecule has 0 radical (unpaired) electrons. The van der Waals surface area contributed by atoms with Crippen molar-refractivity contribution in [3.8, 4) is 11.8 Å². The molecule has 10 heteroatoms. The molecule has 1 saturated carbocycles. The average Bonchev–Trinajstić information content (AvgIpc) is 2.91. The van der Waals surface area contributed by atoms with E-state index in [-0.39, 0.29) is 29.3 Å². The molecule has 1 amide bonds. The van der Waals surface area contributed by atoms with Crippen molar-refractivity contribution < 1.29 is 18.7 Å². The van der Waals surface area contributed by atoms with Crippen LogP contribution in [0.3, 0.4) is 0 Å². The number of Topliss-reactive ketones (excluding diaryl/α,β-unsaturated/α-hetero) is 1. The van der Waals surface area contributed by atoms with Gasteiger partial charge in [0.15, 0.2) is 5.78 Å². The number of carbonyl (C=O) groups is 2. The summed E-state index contributed by atoms with van der Waals surface area (Å²) in [6.07, 6.45) is 7.88. The van der Waals surface area contributed by atoms with Crippen LogP contribution in [0.2, 0.25) is 0 Å². The fraction of sp³-hybridized carbons (Fsp3) is 0.484. The van der Waals surface area contributed by atoms with Crippen molar-refractivity contribution in [1.82, 2.24) is 19.8 Å². The SMILES string of the molecule is COCCCNc1nc(Nc2cccc(F)c2)ncc1C#CC1CC(CC(=O)[C@H](C)N(C)C(=O)/C=C/CN(C)C)C1. The molecule has 9 nitrogen and oxygen atoms in total. The molecule has 2 N–H and O–H groups in total. The van der Waals surface area contributed by atoms with Crippen molar-refractivity contribution in [2.24, 2.45) is 11.8 Å². The Kier molecular flexibility index (Phi) is 12.3. The number of methoxy groups -OCH3 is 1. The van der Waals surface area contributed by atoms with Gasteiger partial charge in [0.1, 0.15) is 11.6 Å². The number of aromatic nitrogens is 2. The second kappa shape index (κ2) is 15.8. The third kappa shape index (κ3) is 10.3. The Hall–Kier alpha value is -3.81. The molecular formula is C31H41FN6O3. The van der Waals surface area contributed by atoms with Gasteiger partial charge in [-0.15, -0.1) is 0 Å². The lowest BCUT2D eigenvalue weighted by Crippen LogP contribution is -2.41. The molecule has 0 aliphatic heterocycles. The van der Waals surface area contributed by atoms with Gasteiger partial charge in [0.25, 0.3) is 0 Å². The zero-order valence-corrected chi connectivity index (χ0v) is 24.6. The number of anilines is 3. The first-order valence-electron chi connectivity index (χ1n) is 13.9. The predicted molar refractivity (Wildman–Crippen MR) is 159 cm³/mol. The highest BCUT2D eigenvalue weighted by Gasteiger charge is 2.32. The van der Waals surface area contributed by atoms with Crippen molar-refractivity contribution in [2.75, 3.05) is 58.6 Å². The fourth-order valence-electron chi connectivity index (χ4n) is 4.33. The van der Waals surface area contributed by atoms with Gasteiger partial charge >= 0.3 is 0 Å². The van der Waals surface area contributed by atoms with Crippen LogP contribution < -0.4 is 10.6 Å². The molecule has 3 rings (SSSR count). The number of benzene rings is 1. The van der Waals surface area contributed by atoms with Crippen LogP contribution in [-0.2, 0) is 14.3 Å². The smallest absolute Gasteiger partial charge is 0.246 e. The second-order valence-corrected chi connectivity index (χ2v) is 10.6. The maximum atomic E-state index is 13.6. The first-order valence-corrected chi connectivity index (χ1v) is 13.9. The summed E-state index contributed by atoms with van der Waals surface area (Å²) in [5.74, 6) is 7.43. The Bertz CT molecular complexity index is 1270. The Labute approximate surface area is 242 Å². The van der Waals surface area contributed by atoms with Crippen molar-refractivity contribution in [3.05, 3.63) is 54.0 Å². The van der Waals surface area contributed by atoms with Crippen molar-refractivity contribution >= 4 is 29.1 Å². The first kappa shape index (κ1) is 31.7. The summed E-state index contributed by atoms with van der Waals surface area (Å²) >= 11 is 0. The number of ether oxygens (including phenoxy) is 1. The van der Waals surface area contributed by atoms with E-state index in [4.69, 9.17) is 4.74 Å². The molecule has 41 heavy (non-hydrogen) atoms. The van der Waals surface area contributed by atoms with Crippen LogP contribution >= 0.6 is 0 Å². The number of rotatable bonds is 14. The molecule has 1 aromatic carbocycles. The van der Waals surface area contributed by atoms with E-state index in [1.54, 1.807) is 45.5 Å². The van der Waals surface area contributed by atoms with Crippen molar-refractivity contribution in [3.63, 3.8) is 0 Å². The van der Waals surface area contributed by atoms with Gasteiger partial charge in [-0.1, -0.05) is 24.0 Å². The highest BCUT2D eigenvalue weighted by atomic mass is 19.1. The molecule has 1 aromatic heterocycles. The quantitative estimate of drug-likeness (QED) is 0.201. The maximum absolute atomic E-state index is 13.6. The lowest BCUT2D eigenvalue weighted by Gasteiger charge is -2.33. The van der Waals surface area contributed by atoms with Crippen LogP contribution in [0, 0.1) is 29.5 Å². The summed E-state index contributed by atoms with van der Waals surface area (Å²) in [5.41, 5.74) is 1.22. The number of amides is 1. The van der Waals surface area contributed by atoms with Gasteiger partial charge < -0.3 is 25.2 Å². The topological polar surface area (TPSA) is 99.7 Å². The average molecular weight is 565 g/mol. The molecule has 220 valence electrons. The fourth-order valence-corrected chi connectivity index (χ4v) is 4.33. The van der Waals surface area contributed by atoms with Gasteiger partial charge in [-0.2, -0.15) is 4.98 Å². The first-order chi connectivity index (χ1) is 19.7. The van der Waals surface area contributed by atoms with Crippen molar-refractivity contribution in [1.29, 1.82) is 0 Å². The Morgan fingerprint density at radius 1 is 1.27 bits per heavy atom. The van der Waals surface area contributed by atoms with Gasteiger partial charge in [0.05, 0.1) is 17.8 Å². The minimum atomic E-state index is -0.472. The predicted octanol–water partition coefficient (Wildman–Crippen LogP) is 4.11. The molecule has 0 spiro atoms. The van der Waals surface area contributed by atoms with Gasteiger partial charge in [0, 0.05) is 58.0 Å². The summed E-state index contributed by atoms with van der Waals surface area (Å²) in [7, 11) is 7.19. The van der Waals surface area contributed by atoms with Gasteiger partial charge in [0.2, 0.25) is 11.9 Å². The summed E-state index contributed by atoms with van der Waals surface area (Å²) in [6.45, 7) is 3.71. The van der Waals surface area contributed by atoms with E-state index in [1.165, 1.54) is 23.1 Å². The van der Waals surface area contributed by atoms with E-state index in [9.17, 15) is 14.0 Å². The zero-order valence-electron chi connectivity index (χ0n) is 24.6. The second-order valence-electron chi connectivity index (χ2n) is 10.6. The Morgan fingerprint density at radius 3 is 2.76 bits per heavy atom. The number of likely N-dealkylation sites (N-methyl/N-ethyl adjacent to an activating group) is 2. The highest BCUT2D eigenvalue weighted by molar-refractivity contribution is 5.93. The maximum Gasteiger partial charge on any atom is 0.246 e. The number of nitrogens with one attached hydrogen (secondary N) is 2. The molecule has 1 heterocycles. The van der Waals surface area contributed by atoms with Crippen LogP contribution in [0.25, 0.3) is 0 Å². The van der Waals surface area contributed by atoms with E-state index < -0.39 is 6.04 Å². The summed E-state index contributed by atoms with van der Waals surface area (Å²) in [6, 6.07) is 5.63. The van der Waals surface area contributed by atoms with E-state index in [0.29, 0.717) is 49.1 Å². The Morgan fingerprint density at radius 2 is 2.05 bits per heavy atom. The molecule has 1 aliphatic rings. The van der Waals surface area contributed by atoms with Crippen LogP contribution in [-0.4, -0.2) is 85.4 Å². The molecule has 1 fully saturated rings. The zero-order chi connectivity index (χ0) is 29.8. The molecule has 1 aliphatic carbocycles.